The summed E-state index contributed by atoms with van der Waals surface area (Å²) in [6.07, 6.45) is 0. The van der Waals surface area contributed by atoms with Crippen molar-refractivity contribution in [2.75, 3.05) is 11.9 Å². The molecule has 1 aromatic heterocycles. The standard InChI is InChI=1S/C14H10ClNO2S/c15-11-3-5-12(6-4-11)16-14(18)10-8-13(19-9-10)2-1-7-17/h3-6,8-9,17H,7H2,(H,16,18). The van der Waals surface area contributed by atoms with Crippen LogP contribution in [0.25, 0.3) is 0 Å². The van der Waals surface area contributed by atoms with E-state index in [1.807, 2.05) is 0 Å². The molecule has 0 radical (unpaired) electrons. The number of carbonyl (C=O) groups is 1. The third-order valence-electron chi connectivity index (χ3n) is 2.25. The molecule has 3 nitrogen and oxygen atoms in total. The van der Waals surface area contributed by atoms with E-state index < -0.39 is 0 Å². The van der Waals surface area contributed by atoms with Crippen LogP contribution in [0.15, 0.2) is 35.7 Å². The zero-order valence-electron chi connectivity index (χ0n) is 9.81. The van der Waals surface area contributed by atoms with Crippen molar-refractivity contribution in [2.24, 2.45) is 0 Å². The number of hydrogen-bond acceptors (Lipinski definition) is 3. The third kappa shape index (κ3) is 3.83. The number of thiophene rings is 1. The highest BCUT2D eigenvalue weighted by atomic mass is 35.5. The molecule has 96 valence electrons. The van der Waals surface area contributed by atoms with Gasteiger partial charge in [-0.25, -0.2) is 0 Å². The first kappa shape index (κ1) is 13.6. The van der Waals surface area contributed by atoms with Crippen LogP contribution in [0.3, 0.4) is 0 Å². The third-order valence-corrected chi connectivity index (χ3v) is 3.35. The summed E-state index contributed by atoms with van der Waals surface area (Å²) in [7, 11) is 0. The summed E-state index contributed by atoms with van der Waals surface area (Å²) in [6.45, 7) is -0.190. The lowest BCUT2D eigenvalue weighted by Crippen LogP contribution is -2.10. The van der Waals surface area contributed by atoms with E-state index in [2.05, 4.69) is 17.2 Å². The lowest BCUT2D eigenvalue weighted by atomic mass is 10.2. The van der Waals surface area contributed by atoms with Gasteiger partial charge >= 0.3 is 0 Å². The first-order valence-corrected chi connectivity index (χ1v) is 6.70. The monoisotopic (exact) mass is 291 g/mol. The molecule has 2 rings (SSSR count). The minimum Gasteiger partial charge on any atom is -0.384 e. The quantitative estimate of drug-likeness (QED) is 0.836. The molecule has 0 aliphatic carbocycles. The molecule has 0 aliphatic heterocycles. The number of amides is 1. The van der Waals surface area contributed by atoms with Gasteiger partial charge in [0.1, 0.15) is 6.61 Å². The first-order valence-electron chi connectivity index (χ1n) is 5.44. The Bertz CT molecular complexity index is 637. The Morgan fingerprint density at radius 3 is 2.79 bits per heavy atom. The summed E-state index contributed by atoms with van der Waals surface area (Å²) in [6, 6.07) is 8.59. The van der Waals surface area contributed by atoms with E-state index in [-0.39, 0.29) is 12.5 Å². The second-order valence-corrected chi connectivity index (χ2v) is 4.97. The number of aliphatic hydroxyl groups excluding tert-OH is 1. The SMILES string of the molecule is O=C(Nc1ccc(Cl)cc1)c1csc(C#CCO)c1. The van der Waals surface area contributed by atoms with Gasteiger partial charge in [-0.3, -0.25) is 4.79 Å². The molecule has 5 heteroatoms. The van der Waals surface area contributed by atoms with Crippen LogP contribution < -0.4 is 5.32 Å². The van der Waals surface area contributed by atoms with Gasteiger partial charge in [0.05, 0.1) is 10.4 Å². The van der Waals surface area contributed by atoms with Crippen LogP contribution in [0.5, 0.6) is 0 Å². The van der Waals surface area contributed by atoms with Crippen LogP contribution in [0, 0.1) is 11.8 Å². The van der Waals surface area contributed by atoms with E-state index in [1.54, 1.807) is 35.7 Å². The molecule has 0 unspecified atom stereocenters. The second kappa shape index (κ2) is 6.39. The second-order valence-electron chi connectivity index (χ2n) is 3.62. The van der Waals surface area contributed by atoms with E-state index in [0.29, 0.717) is 16.3 Å². The Hall–Kier alpha value is -1.80. The lowest BCUT2D eigenvalue weighted by Gasteiger charge is -2.03. The van der Waals surface area contributed by atoms with Gasteiger partial charge in [0.2, 0.25) is 0 Å². The number of anilines is 1. The average Bonchev–Trinajstić information content (AvgIpc) is 2.88. The number of carbonyl (C=O) groups excluding carboxylic acids is 1. The summed E-state index contributed by atoms with van der Waals surface area (Å²) in [5, 5.41) is 13.7. The highest BCUT2D eigenvalue weighted by Crippen LogP contribution is 2.17. The molecule has 0 saturated carbocycles. The Morgan fingerprint density at radius 2 is 2.11 bits per heavy atom. The fourth-order valence-electron chi connectivity index (χ4n) is 1.38. The molecule has 1 amide bonds. The van der Waals surface area contributed by atoms with Gasteiger partial charge in [-0.05, 0) is 30.3 Å². The van der Waals surface area contributed by atoms with E-state index in [0.717, 1.165) is 4.88 Å². The van der Waals surface area contributed by atoms with Crippen LogP contribution in [-0.2, 0) is 0 Å². The van der Waals surface area contributed by atoms with Gasteiger partial charge in [-0.15, -0.1) is 11.3 Å². The van der Waals surface area contributed by atoms with Crippen LogP contribution >= 0.6 is 22.9 Å². The number of rotatable bonds is 2. The fraction of sp³-hybridized carbons (Fsp3) is 0.0714. The summed E-state index contributed by atoms with van der Waals surface area (Å²) in [5.74, 6) is 5.11. The van der Waals surface area contributed by atoms with Gasteiger partial charge in [-0.1, -0.05) is 23.4 Å². The Labute approximate surface area is 119 Å². The fourth-order valence-corrected chi connectivity index (χ4v) is 2.27. The zero-order chi connectivity index (χ0) is 13.7. The van der Waals surface area contributed by atoms with Crippen molar-refractivity contribution < 1.29 is 9.90 Å². The van der Waals surface area contributed by atoms with Crippen LogP contribution in [0.4, 0.5) is 5.69 Å². The molecule has 2 aromatic rings. The van der Waals surface area contributed by atoms with Crippen molar-refractivity contribution in [3.63, 3.8) is 0 Å². The summed E-state index contributed by atoms with van der Waals surface area (Å²) in [4.78, 5) is 12.7. The molecule has 0 bridgehead atoms. The molecule has 1 heterocycles. The maximum absolute atomic E-state index is 12.0. The van der Waals surface area contributed by atoms with E-state index in [9.17, 15) is 4.79 Å². The predicted octanol–water partition coefficient (Wildman–Crippen LogP) is 3.00. The normalized spacial score (nSPS) is 9.58. The molecule has 2 N–H and O–H groups in total. The molecule has 0 fully saturated rings. The van der Waals surface area contributed by atoms with Gasteiger partial charge < -0.3 is 10.4 Å². The lowest BCUT2D eigenvalue weighted by molar-refractivity contribution is 0.102. The Kier molecular flexibility index (Phi) is 4.58. The topological polar surface area (TPSA) is 49.3 Å². The van der Waals surface area contributed by atoms with E-state index >= 15 is 0 Å². The maximum Gasteiger partial charge on any atom is 0.256 e. The van der Waals surface area contributed by atoms with E-state index in [4.69, 9.17) is 16.7 Å². The Balaban J connectivity index is 2.07. The van der Waals surface area contributed by atoms with Crippen molar-refractivity contribution in [1.82, 2.24) is 0 Å². The van der Waals surface area contributed by atoms with Crippen molar-refractivity contribution >= 4 is 34.5 Å². The van der Waals surface area contributed by atoms with Crippen LogP contribution in [0.2, 0.25) is 5.02 Å². The molecular formula is C14H10ClNO2S. The maximum atomic E-state index is 12.0. The minimum absolute atomic E-state index is 0.190. The van der Waals surface area contributed by atoms with Crippen molar-refractivity contribution in [2.45, 2.75) is 0 Å². The molecule has 0 aliphatic rings. The number of hydrogen-bond donors (Lipinski definition) is 2. The highest BCUT2D eigenvalue weighted by molar-refractivity contribution is 7.10. The summed E-state index contributed by atoms with van der Waals surface area (Å²) < 4.78 is 0. The van der Waals surface area contributed by atoms with Gasteiger partial charge in [0.15, 0.2) is 0 Å². The van der Waals surface area contributed by atoms with Crippen molar-refractivity contribution in [3.05, 3.63) is 51.2 Å². The molecule has 0 saturated heterocycles. The zero-order valence-corrected chi connectivity index (χ0v) is 11.4. The summed E-state index contributed by atoms with van der Waals surface area (Å²) in [5.41, 5.74) is 1.23. The number of halogens is 1. The molecular weight excluding hydrogens is 282 g/mol. The summed E-state index contributed by atoms with van der Waals surface area (Å²) >= 11 is 7.13. The molecule has 0 atom stereocenters. The van der Waals surface area contributed by atoms with Gasteiger partial charge in [0.25, 0.3) is 5.91 Å². The number of nitrogens with one attached hydrogen (secondary N) is 1. The molecule has 0 spiro atoms. The molecule has 19 heavy (non-hydrogen) atoms. The number of aliphatic hydroxyl groups is 1. The van der Waals surface area contributed by atoms with Crippen LogP contribution in [0.1, 0.15) is 15.2 Å². The highest BCUT2D eigenvalue weighted by Gasteiger charge is 2.08. The predicted molar refractivity (Wildman–Crippen MR) is 77.7 cm³/mol. The molecule has 1 aromatic carbocycles. The number of benzene rings is 1. The first-order chi connectivity index (χ1) is 9.19. The van der Waals surface area contributed by atoms with Crippen molar-refractivity contribution in [3.8, 4) is 11.8 Å². The van der Waals surface area contributed by atoms with Gasteiger partial charge in [0, 0.05) is 16.1 Å². The minimum atomic E-state index is -0.198. The van der Waals surface area contributed by atoms with Crippen molar-refractivity contribution in [1.29, 1.82) is 0 Å². The average molecular weight is 292 g/mol. The van der Waals surface area contributed by atoms with Crippen LogP contribution in [-0.4, -0.2) is 17.6 Å². The van der Waals surface area contributed by atoms with Gasteiger partial charge in [-0.2, -0.15) is 0 Å². The smallest absolute Gasteiger partial charge is 0.256 e. The van der Waals surface area contributed by atoms with E-state index in [1.165, 1.54) is 11.3 Å². The largest absolute Gasteiger partial charge is 0.384 e. The Morgan fingerprint density at radius 1 is 1.37 bits per heavy atom.